The number of dihydropyridines is 1. The van der Waals surface area contributed by atoms with Gasteiger partial charge < -0.3 is 31.3 Å². The predicted molar refractivity (Wildman–Crippen MR) is 158 cm³/mol. The van der Waals surface area contributed by atoms with Crippen molar-refractivity contribution in [3.05, 3.63) is 83.0 Å². The number of para-hydroxylation sites is 1. The Kier molecular flexibility index (Phi) is 8.14. The molecule has 3 heterocycles. The molecule has 0 radical (unpaired) electrons. The number of primary amides is 1. The maximum Gasteiger partial charge on any atom is 0.271 e. The maximum atomic E-state index is 13.1. The van der Waals surface area contributed by atoms with Crippen molar-refractivity contribution in [2.45, 2.75) is 26.3 Å². The second-order valence-corrected chi connectivity index (χ2v) is 10.2. The van der Waals surface area contributed by atoms with Crippen LogP contribution in [0.4, 0.5) is 17.2 Å². The SMILES string of the molecule is COc1c(Nc2cc(NC(=O)C3CC3)nnc2C(N)=O)cccc1C1=CC=C(C(=O)N(C)Cc2cc(C)ccn2)NC1. The Labute approximate surface area is 243 Å². The van der Waals surface area contributed by atoms with Gasteiger partial charge in [0.15, 0.2) is 11.5 Å². The van der Waals surface area contributed by atoms with Crippen LogP contribution < -0.4 is 26.4 Å². The highest BCUT2D eigenvalue weighted by Crippen LogP contribution is 2.37. The van der Waals surface area contributed by atoms with Gasteiger partial charge in [0, 0.05) is 37.3 Å². The third-order valence-electron chi connectivity index (χ3n) is 6.93. The summed E-state index contributed by atoms with van der Waals surface area (Å²) in [5.41, 5.74) is 10.3. The zero-order chi connectivity index (χ0) is 29.8. The van der Waals surface area contributed by atoms with Gasteiger partial charge in [0.05, 0.1) is 30.7 Å². The third-order valence-corrected chi connectivity index (χ3v) is 6.93. The second-order valence-electron chi connectivity index (χ2n) is 10.2. The van der Waals surface area contributed by atoms with Crippen LogP contribution in [0.1, 0.15) is 40.2 Å². The highest BCUT2D eigenvalue weighted by molar-refractivity contribution is 5.99. The number of nitrogens with one attached hydrogen (secondary N) is 3. The van der Waals surface area contributed by atoms with Gasteiger partial charge >= 0.3 is 0 Å². The van der Waals surface area contributed by atoms with Crippen LogP contribution in [0, 0.1) is 12.8 Å². The molecule has 0 spiro atoms. The largest absolute Gasteiger partial charge is 0.494 e. The average molecular weight is 569 g/mol. The molecule has 216 valence electrons. The van der Waals surface area contributed by atoms with Gasteiger partial charge in [0.1, 0.15) is 11.4 Å². The lowest BCUT2D eigenvalue weighted by Crippen LogP contribution is -2.35. The number of amides is 3. The standard InChI is InChI=1S/C30H32N8O4/c1-17-11-12-32-20(13-17)16-38(2)30(41)23-10-9-19(15-33-23)21-5-4-6-22(27(21)42-3)34-24-14-25(35-29(40)18-7-8-18)36-37-26(24)28(31)39/h4-6,9-14,18,33H,7-8,15-16H2,1-3H3,(H2,31,39)(H2,34,35,36,40). The number of hydrogen-bond acceptors (Lipinski definition) is 9. The van der Waals surface area contributed by atoms with E-state index in [1.807, 2.05) is 37.3 Å². The summed E-state index contributed by atoms with van der Waals surface area (Å²) in [6, 6.07) is 10.9. The molecule has 42 heavy (non-hydrogen) atoms. The van der Waals surface area contributed by atoms with Crippen molar-refractivity contribution in [3.63, 3.8) is 0 Å². The number of nitrogens with two attached hydrogens (primary N) is 1. The monoisotopic (exact) mass is 568 g/mol. The molecule has 1 aromatic carbocycles. The fraction of sp³-hybridized carbons (Fsp3) is 0.267. The molecule has 5 rings (SSSR count). The Hall–Kier alpha value is -5.26. The first-order valence-corrected chi connectivity index (χ1v) is 13.5. The van der Waals surface area contributed by atoms with Crippen molar-refractivity contribution in [2.75, 3.05) is 31.3 Å². The number of ether oxygens (including phenoxy) is 1. The van der Waals surface area contributed by atoms with Gasteiger partial charge in [-0.1, -0.05) is 18.2 Å². The van der Waals surface area contributed by atoms with Gasteiger partial charge in [-0.3, -0.25) is 19.4 Å². The van der Waals surface area contributed by atoms with Crippen LogP contribution in [0.2, 0.25) is 0 Å². The molecule has 2 aliphatic rings. The van der Waals surface area contributed by atoms with E-state index in [2.05, 4.69) is 31.1 Å². The molecule has 0 unspecified atom stereocenters. The number of anilines is 3. The topological polar surface area (TPSA) is 164 Å². The summed E-state index contributed by atoms with van der Waals surface area (Å²) in [6.45, 7) is 2.76. The van der Waals surface area contributed by atoms with Gasteiger partial charge in [-0.2, -0.15) is 0 Å². The number of aromatic nitrogens is 3. The summed E-state index contributed by atoms with van der Waals surface area (Å²) in [6.07, 6.45) is 7.03. The van der Waals surface area contributed by atoms with E-state index in [9.17, 15) is 14.4 Å². The summed E-state index contributed by atoms with van der Waals surface area (Å²) < 4.78 is 5.77. The molecule has 5 N–H and O–H groups in total. The number of carbonyl (C=O) groups is 3. The molecule has 3 aromatic rings. The summed E-state index contributed by atoms with van der Waals surface area (Å²) in [5, 5.41) is 17.0. The Morgan fingerprint density at radius 1 is 1.12 bits per heavy atom. The molecule has 3 amide bonds. The van der Waals surface area contributed by atoms with Crippen LogP contribution in [0.3, 0.4) is 0 Å². The normalized spacial score (nSPS) is 14.2. The highest BCUT2D eigenvalue weighted by Gasteiger charge is 2.30. The lowest BCUT2D eigenvalue weighted by Gasteiger charge is -2.23. The molecular formula is C30H32N8O4. The fourth-order valence-corrected chi connectivity index (χ4v) is 4.59. The van der Waals surface area contributed by atoms with Crippen molar-refractivity contribution < 1.29 is 19.1 Å². The van der Waals surface area contributed by atoms with Crippen LogP contribution in [0.5, 0.6) is 5.75 Å². The van der Waals surface area contributed by atoms with E-state index in [-0.39, 0.29) is 34.9 Å². The van der Waals surface area contributed by atoms with Gasteiger partial charge in [-0.15, -0.1) is 10.2 Å². The van der Waals surface area contributed by atoms with Gasteiger partial charge in [0.25, 0.3) is 11.8 Å². The van der Waals surface area contributed by atoms with E-state index in [0.717, 1.165) is 35.2 Å². The van der Waals surface area contributed by atoms with Crippen LogP contribution in [0.15, 0.2) is 60.4 Å². The fourth-order valence-electron chi connectivity index (χ4n) is 4.59. The van der Waals surface area contributed by atoms with Gasteiger partial charge in [-0.05, 0) is 55.2 Å². The predicted octanol–water partition coefficient (Wildman–Crippen LogP) is 2.91. The second kappa shape index (κ2) is 12.1. The first-order chi connectivity index (χ1) is 20.2. The lowest BCUT2D eigenvalue weighted by molar-refractivity contribution is -0.126. The summed E-state index contributed by atoms with van der Waals surface area (Å²) in [7, 11) is 3.28. The van der Waals surface area contributed by atoms with E-state index in [1.165, 1.54) is 6.07 Å². The van der Waals surface area contributed by atoms with Crippen LogP contribution in [-0.2, 0) is 16.1 Å². The van der Waals surface area contributed by atoms with Crippen molar-refractivity contribution in [2.24, 2.45) is 11.7 Å². The van der Waals surface area contributed by atoms with E-state index in [0.29, 0.717) is 30.2 Å². The minimum atomic E-state index is -0.773. The summed E-state index contributed by atoms with van der Waals surface area (Å²) in [4.78, 5) is 43.3. The van der Waals surface area contributed by atoms with E-state index in [4.69, 9.17) is 10.5 Å². The molecule has 12 heteroatoms. The number of rotatable bonds is 10. The van der Waals surface area contributed by atoms with Crippen LogP contribution in [-0.4, -0.2) is 58.5 Å². The average Bonchev–Trinajstić information content (AvgIpc) is 3.83. The molecule has 1 saturated carbocycles. The lowest BCUT2D eigenvalue weighted by atomic mass is 10.0. The molecule has 0 atom stereocenters. The Morgan fingerprint density at radius 2 is 1.93 bits per heavy atom. The zero-order valence-electron chi connectivity index (χ0n) is 23.6. The van der Waals surface area contributed by atoms with Crippen molar-refractivity contribution in [1.82, 2.24) is 25.4 Å². The molecule has 1 fully saturated rings. The summed E-state index contributed by atoms with van der Waals surface area (Å²) in [5.74, 6) is -0.369. The molecule has 12 nitrogen and oxygen atoms in total. The number of aryl methyl sites for hydroxylation is 1. The summed E-state index contributed by atoms with van der Waals surface area (Å²) >= 11 is 0. The first kappa shape index (κ1) is 28.3. The van der Waals surface area contributed by atoms with Crippen LogP contribution in [0.25, 0.3) is 5.57 Å². The number of hydrogen-bond donors (Lipinski definition) is 4. The van der Waals surface area contributed by atoms with Crippen molar-refractivity contribution in [1.29, 1.82) is 0 Å². The molecule has 1 aliphatic heterocycles. The van der Waals surface area contributed by atoms with Crippen molar-refractivity contribution >= 4 is 40.5 Å². The molecule has 1 aliphatic carbocycles. The molecule has 0 bridgehead atoms. The Balaban J connectivity index is 1.36. The number of pyridine rings is 1. The first-order valence-electron chi connectivity index (χ1n) is 13.5. The third kappa shape index (κ3) is 6.38. The molecule has 0 saturated heterocycles. The Bertz CT molecular complexity index is 1610. The van der Waals surface area contributed by atoms with Gasteiger partial charge in [-0.25, -0.2) is 0 Å². The van der Waals surface area contributed by atoms with E-state index in [1.54, 1.807) is 37.4 Å². The van der Waals surface area contributed by atoms with Gasteiger partial charge in [0.2, 0.25) is 5.91 Å². The molecule has 2 aromatic heterocycles. The number of nitrogens with zero attached hydrogens (tertiary/aromatic N) is 4. The highest BCUT2D eigenvalue weighted by atomic mass is 16.5. The number of likely N-dealkylation sites (N-methyl/N-ethyl adjacent to an activating group) is 1. The minimum Gasteiger partial charge on any atom is -0.494 e. The van der Waals surface area contributed by atoms with E-state index < -0.39 is 5.91 Å². The smallest absolute Gasteiger partial charge is 0.271 e. The van der Waals surface area contributed by atoms with E-state index >= 15 is 0 Å². The number of methoxy groups -OCH3 is 1. The van der Waals surface area contributed by atoms with Crippen molar-refractivity contribution in [3.8, 4) is 5.75 Å². The maximum absolute atomic E-state index is 13.1. The quantitative estimate of drug-likeness (QED) is 0.288. The Morgan fingerprint density at radius 3 is 2.60 bits per heavy atom. The zero-order valence-corrected chi connectivity index (χ0v) is 23.6. The molecular weight excluding hydrogens is 536 g/mol. The number of carbonyl (C=O) groups excluding carboxylic acids is 3. The van der Waals surface area contributed by atoms with Crippen LogP contribution >= 0.6 is 0 Å². The number of benzene rings is 1. The minimum absolute atomic E-state index is 0.0245. The number of allylic oxidation sites excluding steroid dienone is 2.